The van der Waals surface area contributed by atoms with E-state index in [9.17, 15) is 4.79 Å². The van der Waals surface area contributed by atoms with E-state index < -0.39 is 5.97 Å². The highest BCUT2D eigenvalue weighted by Crippen LogP contribution is 2.33. The highest BCUT2D eigenvalue weighted by Gasteiger charge is 2.23. The number of rotatable bonds is 3. The molecule has 2 N–H and O–H groups in total. The maximum absolute atomic E-state index is 11.0. The number of hydrogen-bond donors (Lipinski definition) is 2. The van der Waals surface area contributed by atoms with Crippen LogP contribution in [0.4, 0.5) is 0 Å². The SMILES string of the molecule is CC(C)NC1CCOc2ccc(C(=O)O)cc21. The van der Waals surface area contributed by atoms with E-state index in [1.165, 1.54) is 0 Å². The van der Waals surface area contributed by atoms with Gasteiger partial charge in [0, 0.05) is 24.1 Å². The lowest BCUT2D eigenvalue weighted by atomic mass is 9.97. The molecular weight excluding hydrogens is 218 g/mol. The monoisotopic (exact) mass is 235 g/mol. The van der Waals surface area contributed by atoms with E-state index in [0.717, 1.165) is 17.7 Å². The lowest BCUT2D eigenvalue weighted by molar-refractivity contribution is 0.0696. The van der Waals surface area contributed by atoms with E-state index in [4.69, 9.17) is 9.84 Å². The van der Waals surface area contributed by atoms with Gasteiger partial charge in [0.05, 0.1) is 12.2 Å². The van der Waals surface area contributed by atoms with Crippen LogP contribution in [-0.4, -0.2) is 23.7 Å². The first-order valence-electron chi connectivity index (χ1n) is 5.84. The van der Waals surface area contributed by atoms with Gasteiger partial charge in [-0.05, 0) is 18.2 Å². The minimum Gasteiger partial charge on any atom is -0.493 e. The molecule has 1 aromatic carbocycles. The normalized spacial score (nSPS) is 18.6. The molecule has 17 heavy (non-hydrogen) atoms. The van der Waals surface area contributed by atoms with Crippen molar-refractivity contribution in [2.24, 2.45) is 0 Å². The van der Waals surface area contributed by atoms with E-state index in [2.05, 4.69) is 19.2 Å². The summed E-state index contributed by atoms with van der Waals surface area (Å²) in [5.41, 5.74) is 1.26. The van der Waals surface area contributed by atoms with Gasteiger partial charge in [0.15, 0.2) is 0 Å². The molecule has 0 fully saturated rings. The van der Waals surface area contributed by atoms with Gasteiger partial charge in [-0.1, -0.05) is 13.8 Å². The first-order valence-corrected chi connectivity index (χ1v) is 5.84. The van der Waals surface area contributed by atoms with Crippen LogP contribution in [0, 0.1) is 0 Å². The number of ether oxygens (including phenoxy) is 1. The molecule has 0 amide bonds. The molecule has 1 unspecified atom stereocenters. The van der Waals surface area contributed by atoms with Gasteiger partial charge in [0.1, 0.15) is 5.75 Å². The quantitative estimate of drug-likeness (QED) is 0.843. The molecule has 0 saturated carbocycles. The Morgan fingerprint density at radius 3 is 2.94 bits per heavy atom. The number of carbonyl (C=O) groups is 1. The van der Waals surface area contributed by atoms with Crippen molar-refractivity contribution in [1.82, 2.24) is 5.32 Å². The molecule has 2 rings (SSSR count). The lowest BCUT2D eigenvalue weighted by Crippen LogP contribution is -2.32. The van der Waals surface area contributed by atoms with Crippen LogP contribution in [0.2, 0.25) is 0 Å². The molecule has 4 nitrogen and oxygen atoms in total. The second kappa shape index (κ2) is 4.75. The molecule has 0 radical (unpaired) electrons. The van der Waals surface area contributed by atoms with Crippen LogP contribution in [0.3, 0.4) is 0 Å². The summed E-state index contributed by atoms with van der Waals surface area (Å²) in [6.45, 7) is 4.83. The molecule has 92 valence electrons. The van der Waals surface area contributed by atoms with E-state index in [0.29, 0.717) is 18.2 Å². The van der Waals surface area contributed by atoms with Gasteiger partial charge in [-0.2, -0.15) is 0 Å². The summed E-state index contributed by atoms with van der Waals surface area (Å²) >= 11 is 0. The Balaban J connectivity index is 2.34. The summed E-state index contributed by atoms with van der Waals surface area (Å²) in [6.07, 6.45) is 0.869. The average molecular weight is 235 g/mol. The number of carboxylic acids is 1. The summed E-state index contributed by atoms with van der Waals surface area (Å²) in [5, 5.41) is 12.4. The largest absolute Gasteiger partial charge is 0.493 e. The maximum Gasteiger partial charge on any atom is 0.335 e. The van der Waals surface area contributed by atoms with Gasteiger partial charge in [-0.3, -0.25) is 0 Å². The maximum atomic E-state index is 11.0. The zero-order valence-electron chi connectivity index (χ0n) is 10.1. The van der Waals surface area contributed by atoms with Crippen molar-refractivity contribution in [2.75, 3.05) is 6.61 Å². The summed E-state index contributed by atoms with van der Waals surface area (Å²) in [4.78, 5) is 11.0. The molecule has 0 aromatic heterocycles. The van der Waals surface area contributed by atoms with E-state index in [1.807, 2.05) is 0 Å². The number of nitrogens with one attached hydrogen (secondary N) is 1. The fourth-order valence-corrected chi connectivity index (χ4v) is 2.10. The Hall–Kier alpha value is -1.55. The van der Waals surface area contributed by atoms with Gasteiger partial charge < -0.3 is 15.2 Å². The third-order valence-corrected chi connectivity index (χ3v) is 2.83. The van der Waals surface area contributed by atoms with Gasteiger partial charge in [0.2, 0.25) is 0 Å². The van der Waals surface area contributed by atoms with Crippen molar-refractivity contribution in [3.8, 4) is 5.75 Å². The Morgan fingerprint density at radius 1 is 1.53 bits per heavy atom. The lowest BCUT2D eigenvalue weighted by Gasteiger charge is -2.28. The Labute approximate surface area is 101 Å². The average Bonchev–Trinajstić information content (AvgIpc) is 2.28. The Morgan fingerprint density at radius 2 is 2.29 bits per heavy atom. The molecule has 0 spiro atoms. The van der Waals surface area contributed by atoms with Gasteiger partial charge >= 0.3 is 5.97 Å². The van der Waals surface area contributed by atoms with Crippen LogP contribution in [0.1, 0.15) is 42.2 Å². The van der Waals surface area contributed by atoms with Crippen molar-refractivity contribution in [2.45, 2.75) is 32.4 Å². The van der Waals surface area contributed by atoms with Gasteiger partial charge in [0.25, 0.3) is 0 Å². The highest BCUT2D eigenvalue weighted by atomic mass is 16.5. The molecule has 1 atom stereocenters. The van der Waals surface area contributed by atoms with Crippen molar-refractivity contribution in [1.29, 1.82) is 0 Å². The smallest absolute Gasteiger partial charge is 0.335 e. The van der Waals surface area contributed by atoms with E-state index in [1.54, 1.807) is 18.2 Å². The predicted octanol–water partition coefficient (Wildman–Crippen LogP) is 2.21. The summed E-state index contributed by atoms with van der Waals surface area (Å²) < 4.78 is 5.54. The van der Waals surface area contributed by atoms with E-state index >= 15 is 0 Å². The Kier molecular flexibility index (Phi) is 3.33. The molecule has 0 aliphatic carbocycles. The molecule has 0 saturated heterocycles. The summed E-state index contributed by atoms with van der Waals surface area (Å²) in [7, 11) is 0. The van der Waals surface area contributed by atoms with Crippen LogP contribution in [-0.2, 0) is 0 Å². The first kappa shape index (κ1) is 11.9. The second-order valence-electron chi connectivity index (χ2n) is 4.57. The highest BCUT2D eigenvalue weighted by molar-refractivity contribution is 5.88. The number of hydrogen-bond acceptors (Lipinski definition) is 3. The second-order valence-corrected chi connectivity index (χ2v) is 4.57. The molecule has 1 heterocycles. The number of aromatic carboxylic acids is 1. The zero-order valence-corrected chi connectivity index (χ0v) is 10.1. The number of benzene rings is 1. The minimum atomic E-state index is -0.901. The molecule has 1 aromatic rings. The third-order valence-electron chi connectivity index (χ3n) is 2.83. The van der Waals surface area contributed by atoms with Crippen LogP contribution < -0.4 is 10.1 Å². The van der Waals surface area contributed by atoms with E-state index in [-0.39, 0.29) is 6.04 Å². The zero-order chi connectivity index (χ0) is 12.4. The molecular formula is C13H17NO3. The van der Waals surface area contributed by atoms with Crippen LogP contribution in [0.25, 0.3) is 0 Å². The van der Waals surface area contributed by atoms with Gasteiger partial charge in [-0.25, -0.2) is 4.79 Å². The van der Waals surface area contributed by atoms with Crippen molar-refractivity contribution < 1.29 is 14.6 Å². The van der Waals surface area contributed by atoms with Crippen LogP contribution in [0.5, 0.6) is 5.75 Å². The Bertz CT molecular complexity index is 429. The van der Waals surface area contributed by atoms with Crippen molar-refractivity contribution >= 4 is 5.97 Å². The first-order chi connectivity index (χ1) is 8.08. The minimum absolute atomic E-state index is 0.179. The third kappa shape index (κ3) is 2.58. The standard InChI is InChI=1S/C13H17NO3/c1-8(2)14-11-5-6-17-12-4-3-9(13(15)16)7-10(11)12/h3-4,7-8,11,14H,5-6H2,1-2H3,(H,15,16). The van der Waals surface area contributed by atoms with Crippen LogP contribution >= 0.6 is 0 Å². The topological polar surface area (TPSA) is 58.6 Å². The fourth-order valence-electron chi connectivity index (χ4n) is 2.10. The number of carboxylic acid groups (broad SMARTS) is 1. The van der Waals surface area contributed by atoms with Crippen molar-refractivity contribution in [3.63, 3.8) is 0 Å². The summed E-state index contributed by atoms with van der Waals surface area (Å²) in [5.74, 6) is -0.110. The van der Waals surface area contributed by atoms with Gasteiger partial charge in [-0.15, -0.1) is 0 Å². The molecule has 1 aliphatic heterocycles. The fraction of sp³-hybridized carbons (Fsp3) is 0.462. The van der Waals surface area contributed by atoms with Crippen LogP contribution in [0.15, 0.2) is 18.2 Å². The molecule has 1 aliphatic rings. The molecule has 0 bridgehead atoms. The number of fused-ring (bicyclic) bond motifs is 1. The van der Waals surface area contributed by atoms with Crippen molar-refractivity contribution in [3.05, 3.63) is 29.3 Å². The predicted molar refractivity (Wildman–Crippen MR) is 64.5 cm³/mol. The summed E-state index contributed by atoms with van der Waals surface area (Å²) in [6, 6.07) is 5.57. The molecule has 4 heteroatoms.